The van der Waals surface area contributed by atoms with Crippen LogP contribution in [0, 0.1) is 3.57 Å². The van der Waals surface area contributed by atoms with E-state index in [1.807, 2.05) is 0 Å². The summed E-state index contributed by atoms with van der Waals surface area (Å²) in [6, 6.07) is 26.4. The highest BCUT2D eigenvalue weighted by atomic mass is 127. The van der Waals surface area contributed by atoms with E-state index in [0.29, 0.717) is 6.04 Å². The third kappa shape index (κ3) is 2.86. The van der Waals surface area contributed by atoms with Crippen molar-refractivity contribution in [2.45, 2.75) is 12.5 Å². The van der Waals surface area contributed by atoms with E-state index in [0.717, 1.165) is 6.42 Å². The number of para-hydroxylation sites is 3. The molecular weight excluding hydrogens is 443 g/mol. The smallest absolute Gasteiger partial charge is 0.0700 e. The lowest BCUT2D eigenvalue weighted by molar-refractivity contribution is 0.780. The summed E-state index contributed by atoms with van der Waals surface area (Å²) in [6.07, 6.45) is 9.87. The van der Waals surface area contributed by atoms with E-state index in [4.69, 9.17) is 0 Å². The van der Waals surface area contributed by atoms with Crippen LogP contribution in [0.25, 0.3) is 0 Å². The number of benzene rings is 3. The number of hydrogen-bond acceptors (Lipinski definition) is 2. The van der Waals surface area contributed by atoms with Gasteiger partial charge in [0.15, 0.2) is 0 Å². The Labute approximate surface area is 173 Å². The molecule has 0 saturated carbocycles. The van der Waals surface area contributed by atoms with Gasteiger partial charge in [0.2, 0.25) is 0 Å². The average molecular weight is 462 g/mol. The van der Waals surface area contributed by atoms with Gasteiger partial charge in [-0.1, -0.05) is 54.6 Å². The Morgan fingerprint density at radius 3 is 2.26 bits per heavy atom. The maximum absolute atomic E-state index is 2.49. The number of fused-ring (bicyclic) bond motifs is 2. The molecule has 27 heavy (non-hydrogen) atoms. The van der Waals surface area contributed by atoms with Crippen molar-refractivity contribution in [2.24, 2.45) is 0 Å². The van der Waals surface area contributed by atoms with Gasteiger partial charge in [0.1, 0.15) is 0 Å². The number of halogens is 1. The Balaban J connectivity index is 1.76. The zero-order valence-corrected chi connectivity index (χ0v) is 17.0. The van der Waals surface area contributed by atoms with Gasteiger partial charge < -0.3 is 9.80 Å². The van der Waals surface area contributed by atoms with Crippen molar-refractivity contribution < 1.29 is 0 Å². The van der Waals surface area contributed by atoms with Gasteiger partial charge in [-0.15, -0.1) is 0 Å². The lowest BCUT2D eigenvalue weighted by Gasteiger charge is -2.43. The van der Waals surface area contributed by atoms with Crippen LogP contribution in [0.2, 0.25) is 0 Å². The third-order valence-corrected chi connectivity index (χ3v) is 5.80. The molecule has 0 aromatic heterocycles. The predicted octanol–water partition coefficient (Wildman–Crippen LogP) is 7.10. The fourth-order valence-electron chi connectivity index (χ4n) is 3.97. The van der Waals surface area contributed by atoms with Gasteiger partial charge in [-0.05, 0) is 71.5 Å². The average Bonchev–Trinajstić information content (AvgIpc) is 2.73. The molecule has 5 rings (SSSR count). The second kappa shape index (κ2) is 6.89. The first-order valence-electron chi connectivity index (χ1n) is 9.19. The largest absolute Gasteiger partial charge is 0.331 e. The predicted molar refractivity (Wildman–Crippen MR) is 123 cm³/mol. The molecule has 1 atom stereocenters. The SMILES string of the molecule is Ic1ccc2c(c1)N(C1C=CC=CC1)c1ccccc1N2c1ccccc1. The zero-order chi connectivity index (χ0) is 18.2. The molecule has 132 valence electrons. The summed E-state index contributed by atoms with van der Waals surface area (Å²) in [5.74, 6) is 0. The molecule has 0 spiro atoms. The highest BCUT2D eigenvalue weighted by molar-refractivity contribution is 14.1. The molecule has 1 aliphatic carbocycles. The van der Waals surface area contributed by atoms with Crippen molar-refractivity contribution in [3.8, 4) is 0 Å². The normalized spacial score (nSPS) is 17.6. The van der Waals surface area contributed by atoms with Crippen LogP contribution in [0.3, 0.4) is 0 Å². The van der Waals surface area contributed by atoms with Gasteiger partial charge in [0.05, 0.1) is 28.8 Å². The van der Waals surface area contributed by atoms with Crippen LogP contribution in [0.15, 0.2) is 97.1 Å². The van der Waals surface area contributed by atoms with Crippen molar-refractivity contribution in [3.63, 3.8) is 0 Å². The molecule has 0 N–H and O–H groups in total. The highest BCUT2D eigenvalue weighted by Gasteiger charge is 2.32. The Kier molecular flexibility index (Phi) is 4.24. The van der Waals surface area contributed by atoms with Crippen LogP contribution in [0.1, 0.15) is 6.42 Å². The highest BCUT2D eigenvalue weighted by Crippen LogP contribution is 2.52. The molecule has 2 aliphatic rings. The molecule has 2 nitrogen and oxygen atoms in total. The van der Waals surface area contributed by atoms with Crippen molar-refractivity contribution in [1.82, 2.24) is 0 Å². The number of hydrogen-bond donors (Lipinski definition) is 0. The second-order valence-corrected chi connectivity index (χ2v) is 8.02. The van der Waals surface area contributed by atoms with E-state index >= 15 is 0 Å². The molecule has 1 unspecified atom stereocenters. The van der Waals surface area contributed by atoms with Crippen molar-refractivity contribution in [3.05, 3.63) is 101 Å². The minimum atomic E-state index is 0.325. The van der Waals surface area contributed by atoms with E-state index in [2.05, 4.69) is 129 Å². The number of rotatable bonds is 2. The first kappa shape index (κ1) is 16.6. The fraction of sp³-hybridized carbons (Fsp3) is 0.0833. The summed E-state index contributed by atoms with van der Waals surface area (Å²) in [5.41, 5.74) is 6.14. The molecule has 3 aromatic carbocycles. The fourth-order valence-corrected chi connectivity index (χ4v) is 4.44. The Morgan fingerprint density at radius 2 is 1.48 bits per heavy atom. The maximum atomic E-state index is 2.49. The molecule has 3 aromatic rings. The van der Waals surface area contributed by atoms with Crippen LogP contribution in [0.5, 0.6) is 0 Å². The van der Waals surface area contributed by atoms with Crippen molar-refractivity contribution >= 4 is 51.0 Å². The minimum Gasteiger partial charge on any atom is -0.331 e. The van der Waals surface area contributed by atoms with Crippen LogP contribution in [-0.2, 0) is 0 Å². The van der Waals surface area contributed by atoms with Crippen LogP contribution in [0.4, 0.5) is 28.4 Å². The Morgan fingerprint density at radius 1 is 0.741 bits per heavy atom. The van der Waals surface area contributed by atoms with E-state index in [1.165, 1.54) is 32.0 Å². The molecule has 3 heteroatoms. The third-order valence-electron chi connectivity index (χ3n) is 5.12. The standard InChI is InChI=1S/C24H19IN2/c25-18-15-16-23-24(17-18)27(20-11-5-2-6-12-20)22-14-8-7-13-21(22)26(23)19-9-3-1-4-10-19/h1-11,13-17,20H,12H2. The van der Waals surface area contributed by atoms with Gasteiger partial charge in [-0.2, -0.15) is 0 Å². The molecule has 1 heterocycles. The molecule has 0 amide bonds. The van der Waals surface area contributed by atoms with Gasteiger partial charge in [-0.3, -0.25) is 0 Å². The van der Waals surface area contributed by atoms with E-state index < -0.39 is 0 Å². The first-order chi connectivity index (χ1) is 13.3. The summed E-state index contributed by atoms with van der Waals surface area (Å²) in [6.45, 7) is 0. The molecule has 0 saturated heterocycles. The van der Waals surface area contributed by atoms with Crippen LogP contribution in [-0.4, -0.2) is 6.04 Å². The second-order valence-electron chi connectivity index (χ2n) is 6.78. The monoisotopic (exact) mass is 462 g/mol. The van der Waals surface area contributed by atoms with Gasteiger partial charge >= 0.3 is 0 Å². The zero-order valence-electron chi connectivity index (χ0n) is 14.8. The summed E-state index contributed by atoms with van der Waals surface area (Å²) < 4.78 is 1.25. The Hall–Kier alpha value is -2.53. The molecule has 0 bridgehead atoms. The van der Waals surface area contributed by atoms with Gasteiger partial charge in [0, 0.05) is 9.26 Å². The van der Waals surface area contributed by atoms with Crippen molar-refractivity contribution in [2.75, 3.05) is 9.80 Å². The summed E-state index contributed by atoms with van der Waals surface area (Å²) >= 11 is 2.41. The number of nitrogens with zero attached hydrogens (tertiary/aromatic N) is 2. The number of allylic oxidation sites excluding steroid dienone is 2. The quantitative estimate of drug-likeness (QED) is 0.375. The van der Waals surface area contributed by atoms with Gasteiger partial charge in [0.25, 0.3) is 0 Å². The van der Waals surface area contributed by atoms with Gasteiger partial charge in [-0.25, -0.2) is 0 Å². The molecule has 0 fully saturated rings. The molecule has 0 radical (unpaired) electrons. The summed E-state index contributed by atoms with van der Waals surface area (Å²) in [4.78, 5) is 4.87. The number of anilines is 5. The lowest BCUT2D eigenvalue weighted by atomic mass is 10.00. The van der Waals surface area contributed by atoms with E-state index in [9.17, 15) is 0 Å². The molecule has 1 aliphatic heterocycles. The van der Waals surface area contributed by atoms with Crippen molar-refractivity contribution in [1.29, 1.82) is 0 Å². The summed E-state index contributed by atoms with van der Waals surface area (Å²) in [7, 11) is 0. The Bertz CT molecular complexity index is 1040. The van der Waals surface area contributed by atoms with Crippen LogP contribution < -0.4 is 9.80 Å². The van der Waals surface area contributed by atoms with E-state index in [1.54, 1.807) is 0 Å². The first-order valence-corrected chi connectivity index (χ1v) is 10.3. The molecular formula is C24H19IN2. The topological polar surface area (TPSA) is 6.48 Å². The maximum Gasteiger partial charge on any atom is 0.0700 e. The van der Waals surface area contributed by atoms with E-state index in [-0.39, 0.29) is 0 Å². The van der Waals surface area contributed by atoms with Crippen LogP contribution >= 0.6 is 22.6 Å². The summed E-state index contributed by atoms with van der Waals surface area (Å²) in [5, 5.41) is 0. The lowest BCUT2D eigenvalue weighted by Crippen LogP contribution is -2.35. The minimum absolute atomic E-state index is 0.325.